The van der Waals surface area contributed by atoms with E-state index < -0.39 is 24.5 Å². The quantitative estimate of drug-likeness (QED) is 0.366. The van der Waals surface area contributed by atoms with E-state index in [2.05, 4.69) is 38.4 Å². The topological polar surface area (TPSA) is 109 Å². The largest absolute Gasteiger partial charge is 0.388 e. The van der Waals surface area contributed by atoms with Gasteiger partial charge >= 0.3 is 0 Å². The van der Waals surface area contributed by atoms with Gasteiger partial charge in [0.1, 0.15) is 30.0 Å². The van der Waals surface area contributed by atoms with Gasteiger partial charge in [0.15, 0.2) is 11.9 Å². The molecule has 3 N–H and O–H groups in total. The van der Waals surface area contributed by atoms with Crippen LogP contribution in [0.4, 0.5) is 11.5 Å². The molecule has 2 saturated heterocycles. The highest BCUT2D eigenvalue weighted by atomic mass is 16.6. The zero-order chi connectivity index (χ0) is 25.4. The van der Waals surface area contributed by atoms with Gasteiger partial charge < -0.3 is 20.3 Å². The van der Waals surface area contributed by atoms with Crippen molar-refractivity contribution in [3.05, 3.63) is 66.5 Å². The van der Waals surface area contributed by atoms with E-state index in [1.54, 1.807) is 11.6 Å². The van der Waals surface area contributed by atoms with Crippen molar-refractivity contribution >= 4 is 22.5 Å². The van der Waals surface area contributed by atoms with Crippen molar-refractivity contribution < 1.29 is 14.9 Å². The summed E-state index contributed by atoms with van der Waals surface area (Å²) in [4.78, 5) is 11.7. The molecule has 2 fully saturated rings. The van der Waals surface area contributed by atoms with Gasteiger partial charge in [-0.15, -0.1) is 0 Å². The van der Waals surface area contributed by atoms with Crippen LogP contribution in [-0.4, -0.2) is 66.3 Å². The summed E-state index contributed by atoms with van der Waals surface area (Å²) < 4.78 is 7.48. The summed E-state index contributed by atoms with van der Waals surface area (Å²) in [5, 5.41) is 30.2. The molecule has 4 heterocycles. The van der Waals surface area contributed by atoms with Gasteiger partial charge in [-0.05, 0) is 44.5 Å². The zero-order valence-corrected chi connectivity index (χ0v) is 20.9. The number of piperidine rings is 1. The maximum atomic E-state index is 10.7. The summed E-state index contributed by atoms with van der Waals surface area (Å²) in [6.07, 6.45) is 1.75. The predicted octanol–water partition coefficient (Wildman–Crippen LogP) is 3.86. The number of aromatic nitrogens is 4. The minimum atomic E-state index is -1.13. The number of hydrogen-bond acceptors (Lipinski definition) is 8. The SMILES string of the molecule is C[C@H]1O[C@@H](n2nc(-c3ccccc3)c3c(Nc4ccccc4CN4CCCCC4)ncnc32)[C@H](O)[C@@H]1O. The smallest absolute Gasteiger partial charge is 0.181 e. The van der Waals surface area contributed by atoms with E-state index >= 15 is 0 Å². The molecule has 2 aromatic carbocycles. The number of ether oxygens (including phenoxy) is 1. The maximum Gasteiger partial charge on any atom is 0.181 e. The Kier molecular flexibility index (Phi) is 6.60. The van der Waals surface area contributed by atoms with Crippen LogP contribution in [0.1, 0.15) is 38.0 Å². The van der Waals surface area contributed by atoms with Crippen LogP contribution in [-0.2, 0) is 11.3 Å². The Balaban J connectivity index is 1.44. The number of hydrogen-bond donors (Lipinski definition) is 3. The molecule has 0 spiro atoms. The molecule has 0 radical (unpaired) electrons. The van der Waals surface area contributed by atoms with Crippen molar-refractivity contribution in [3.63, 3.8) is 0 Å². The first-order valence-corrected chi connectivity index (χ1v) is 13.0. The number of benzene rings is 2. The third-order valence-electron chi connectivity index (χ3n) is 7.37. The predicted molar refractivity (Wildman–Crippen MR) is 141 cm³/mol. The van der Waals surface area contributed by atoms with E-state index in [-0.39, 0.29) is 0 Å². The Morgan fingerprint density at radius 3 is 2.46 bits per heavy atom. The van der Waals surface area contributed by atoms with Gasteiger partial charge in [-0.25, -0.2) is 14.6 Å². The standard InChI is InChI=1S/C28H32N6O3/c1-18-24(35)25(36)28(37-18)34-27-22(23(32-34)19-10-4-2-5-11-19)26(29-17-30-27)31-21-13-7-6-12-20(21)16-33-14-8-3-9-15-33/h2,4-7,10-13,17-18,24-25,28,35-36H,3,8-9,14-16H2,1H3,(H,29,30,31)/t18-,24-,25-,28-/m1/s1. The molecule has 2 aliphatic heterocycles. The van der Waals surface area contributed by atoms with Gasteiger partial charge in [-0.1, -0.05) is 55.0 Å². The van der Waals surface area contributed by atoms with E-state index in [4.69, 9.17) is 9.84 Å². The van der Waals surface area contributed by atoms with Crippen LogP contribution >= 0.6 is 0 Å². The molecule has 2 aromatic heterocycles. The molecule has 0 aliphatic carbocycles. The average molecular weight is 501 g/mol. The summed E-state index contributed by atoms with van der Waals surface area (Å²) in [5.74, 6) is 0.627. The fraction of sp³-hybridized carbons (Fsp3) is 0.393. The highest BCUT2D eigenvalue weighted by Crippen LogP contribution is 2.38. The molecular formula is C28H32N6O3. The maximum absolute atomic E-state index is 10.7. The Bertz CT molecular complexity index is 1370. The number of rotatable bonds is 6. The summed E-state index contributed by atoms with van der Waals surface area (Å²) in [7, 11) is 0. The highest BCUT2D eigenvalue weighted by Gasteiger charge is 2.43. The van der Waals surface area contributed by atoms with E-state index in [0.29, 0.717) is 17.2 Å². The lowest BCUT2D eigenvalue weighted by atomic mass is 10.1. The summed E-state index contributed by atoms with van der Waals surface area (Å²) in [6.45, 7) is 4.84. The van der Waals surface area contributed by atoms with Gasteiger partial charge in [0, 0.05) is 17.8 Å². The molecule has 6 rings (SSSR count). The molecule has 4 atom stereocenters. The molecule has 9 nitrogen and oxygen atoms in total. The molecule has 37 heavy (non-hydrogen) atoms. The second-order valence-corrected chi connectivity index (χ2v) is 9.91. The van der Waals surface area contributed by atoms with Crippen LogP contribution in [0.15, 0.2) is 60.9 Å². The van der Waals surface area contributed by atoms with Crippen molar-refractivity contribution in [1.29, 1.82) is 0 Å². The first-order valence-electron chi connectivity index (χ1n) is 13.0. The second kappa shape index (κ2) is 10.2. The van der Waals surface area contributed by atoms with E-state index in [1.807, 2.05) is 36.4 Å². The van der Waals surface area contributed by atoms with Crippen LogP contribution < -0.4 is 5.32 Å². The van der Waals surface area contributed by atoms with E-state index in [1.165, 1.54) is 31.2 Å². The fourth-order valence-corrected chi connectivity index (χ4v) is 5.34. The normalized spacial score (nSPS) is 24.5. The lowest BCUT2D eigenvalue weighted by Crippen LogP contribution is -2.30. The average Bonchev–Trinajstić information content (AvgIpc) is 3.44. The van der Waals surface area contributed by atoms with Crippen LogP contribution in [0.3, 0.4) is 0 Å². The molecule has 0 saturated carbocycles. The van der Waals surface area contributed by atoms with E-state index in [9.17, 15) is 10.2 Å². The zero-order valence-electron chi connectivity index (χ0n) is 20.9. The Labute approximate surface area is 215 Å². The third-order valence-corrected chi connectivity index (χ3v) is 7.37. The van der Waals surface area contributed by atoms with Gasteiger partial charge in [0.05, 0.1) is 11.5 Å². The van der Waals surface area contributed by atoms with Crippen molar-refractivity contribution in [2.75, 3.05) is 18.4 Å². The Morgan fingerprint density at radius 2 is 1.70 bits per heavy atom. The first kappa shape index (κ1) is 24.0. The van der Waals surface area contributed by atoms with Crippen molar-refractivity contribution in [3.8, 4) is 11.3 Å². The minimum absolute atomic E-state index is 0.523. The van der Waals surface area contributed by atoms with Crippen molar-refractivity contribution in [2.45, 2.75) is 57.3 Å². The lowest BCUT2D eigenvalue weighted by Gasteiger charge is -2.27. The number of likely N-dealkylation sites (tertiary alicyclic amines) is 1. The number of para-hydroxylation sites is 1. The molecule has 2 aliphatic rings. The van der Waals surface area contributed by atoms with Crippen molar-refractivity contribution in [2.24, 2.45) is 0 Å². The number of nitrogens with one attached hydrogen (secondary N) is 1. The number of anilines is 2. The van der Waals surface area contributed by atoms with Crippen LogP contribution in [0.25, 0.3) is 22.3 Å². The third kappa shape index (κ3) is 4.59. The molecule has 0 amide bonds. The van der Waals surface area contributed by atoms with E-state index in [0.717, 1.165) is 36.3 Å². The first-order chi connectivity index (χ1) is 18.1. The molecule has 0 unspecified atom stereocenters. The second-order valence-electron chi connectivity index (χ2n) is 9.91. The number of aliphatic hydroxyl groups excluding tert-OH is 2. The Morgan fingerprint density at radius 1 is 0.946 bits per heavy atom. The van der Waals surface area contributed by atoms with Crippen LogP contribution in [0, 0.1) is 0 Å². The molecule has 192 valence electrons. The van der Waals surface area contributed by atoms with Gasteiger partial charge in [-0.2, -0.15) is 5.10 Å². The van der Waals surface area contributed by atoms with Crippen molar-refractivity contribution in [1.82, 2.24) is 24.6 Å². The number of aliphatic hydroxyl groups is 2. The number of fused-ring (bicyclic) bond motifs is 1. The summed E-state index contributed by atoms with van der Waals surface area (Å²) in [5.41, 5.74) is 4.29. The van der Waals surface area contributed by atoms with Crippen LogP contribution in [0.5, 0.6) is 0 Å². The monoisotopic (exact) mass is 500 g/mol. The van der Waals surface area contributed by atoms with Crippen LogP contribution in [0.2, 0.25) is 0 Å². The molecular weight excluding hydrogens is 468 g/mol. The minimum Gasteiger partial charge on any atom is -0.388 e. The van der Waals surface area contributed by atoms with Gasteiger partial charge in [-0.3, -0.25) is 4.90 Å². The Hall–Kier alpha value is -3.37. The summed E-state index contributed by atoms with van der Waals surface area (Å²) >= 11 is 0. The number of nitrogens with zero attached hydrogens (tertiary/aromatic N) is 5. The van der Waals surface area contributed by atoms with Gasteiger partial charge in [0.2, 0.25) is 0 Å². The fourth-order valence-electron chi connectivity index (χ4n) is 5.34. The highest BCUT2D eigenvalue weighted by molar-refractivity contribution is 6.00. The molecule has 4 aromatic rings. The lowest BCUT2D eigenvalue weighted by molar-refractivity contribution is -0.0370. The van der Waals surface area contributed by atoms with Gasteiger partial charge in [0.25, 0.3) is 0 Å². The molecule has 0 bridgehead atoms. The molecule has 9 heteroatoms. The summed E-state index contributed by atoms with van der Waals surface area (Å²) in [6, 6.07) is 18.1.